The zero-order chi connectivity index (χ0) is 58.8. The van der Waals surface area contributed by atoms with Crippen LogP contribution >= 0.6 is 0 Å². The van der Waals surface area contributed by atoms with E-state index in [1.807, 2.05) is 6.08 Å². The second-order valence-corrected chi connectivity index (χ2v) is 23.9. The highest BCUT2D eigenvalue weighted by Gasteiger charge is 2.51. The summed E-state index contributed by atoms with van der Waals surface area (Å²) in [4.78, 5) is 13.3. The van der Waals surface area contributed by atoms with Gasteiger partial charge in [0.2, 0.25) is 5.91 Å². The lowest BCUT2D eigenvalue weighted by Gasteiger charge is -2.46. The minimum absolute atomic E-state index is 0.250. The molecule has 1 amide bonds. The monoisotopic (exact) mass is 1150 g/mol. The van der Waals surface area contributed by atoms with Gasteiger partial charge in [-0.25, -0.2) is 0 Å². The third-order valence-electron chi connectivity index (χ3n) is 16.6. The van der Waals surface area contributed by atoms with E-state index in [2.05, 4.69) is 43.5 Å². The number of carbonyl (C=O) groups is 1. The van der Waals surface area contributed by atoms with Gasteiger partial charge in [0.15, 0.2) is 12.6 Å². The molecule has 0 aromatic carbocycles. The number of hydrogen-bond acceptors (Lipinski definition) is 13. The van der Waals surface area contributed by atoms with Gasteiger partial charge in [-0.3, -0.25) is 4.79 Å². The Morgan fingerprint density at radius 3 is 1.21 bits per heavy atom. The average molecular weight is 1150 g/mol. The van der Waals surface area contributed by atoms with E-state index in [-0.39, 0.29) is 18.9 Å². The molecule has 0 aromatic heterocycles. The molecular weight excluding hydrogens is 1030 g/mol. The molecule has 0 radical (unpaired) electrons. The quantitative estimate of drug-likeness (QED) is 0.0204. The molecule has 2 saturated heterocycles. The highest BCUT2D eigenvalue weighted by molar-refractivity contribution is 5.76. The van der Waals surface area contributed by atoms with E-state index in [4.69, 9.17) is 18.9 Å². The zero-order valence-electron chi connectivity index (χ0n) is 51.5. The molecule has 0 aliphatic carbocycles. The zero-order valence-corrected chi connectivity index (χ0v) is 51.5. The summed E-state index contributed by atoms with van der Waals surface area (Å²) in [6.45, 7) is 2.80. The van der Waals surface area contributed by atoms with Crippen LogP contribution in [0.1, 0.15) is 290 Å². The van der Waals surface area contributed by atoms with Gasteiger partial charge in [0.25, 0.3) is 0 Å². The van der Waals surface area contributed by atoms with Gasteiger partial charge in [-0.05, 0) is 44.9 Å². The predicted octanol–water partition coefficient (Wildman–Crippen LogP) is 13.0. The first-order valence-corrected chi connectivity index (χ1v) is 33.7. The molecule has 9 N–H and O–H groups in total. The molecule has 0 spiro atoms. The van der Waals surface area contributed by atoms with E-state index < -0.39 is 86.8 Å². The van der Waals surface area contributed by atoms with Gasteiger partial charge in [-0.2, -0.15) is 0 Å². The van der Waals surface area contributed by atoms with Crippen molar-refractivity contribution in [3.05, 3.63) is 36.5 Å². The lowest BCUT2D eigenvalue weighted by atomic mass is 9.97. The third-order valence-corrected chi connectivity index (χ3v) is 16.6. The van der Waals surface area contributed by atoms with Crippen LogP contribution in [-0.4, -0.2) is 140 Å². The van der Waals surface area contributed by atoms with Gasteiger partial charge >= 0.3 is 0 Å². The van der Waals surface area contributed by atoms with E-state index in [0.29, 0.717) is 12.8 Å². The number of nitrogens with one attached hydrogen (secondary N) is 1. The lowest BCUT2D eigenvalue weighted by molar-refractivity contribution is -0.359. The summed E-state index contributed by atoms with van der Waals surface area (Å²) in [5, 5.41) is 87.2. The maximum Gasteiger partial charge on any atom is 0.220 e. The molecule has 14 nitrogen and oxygen atoms in total. The molecule has 2 aliphatic heterocycles. The van der Waals surface area contributed by atoms with Crippen LogP contribution in [0.25, 0.3) is 0 Å². The van der Waals surface area contributed by atoms with E-state index in [1.165, 1.54) is 212 Å². The van der Waals surface area contributed by atoms with Crippen molar-refractivity contribution in [1.82, 2.24) is 5.32 Å². The predicted molar refractivity (Wildman–Crippen MR) is 328 cm³/mol. The number of allylic oxidation sites excluding steroid dienone is 5. The molecule has 81 heavy (non-hydrogen) atoms. The second-order valence-electron chi connectivity index (χ2n) is 23.9. The summed E-state index contributed by atoms with van der Waals surface area (Å²) < 4.78 is 22.8. The number of rotatable bonds is 55. The largest absolute Gasteiger partial charge is 0.394 e. The van der Waals surface area contributed by atoms with Crippen LogP contribution in [0.2, 0.25) is 0 Å². The standard InChI is InChI=1S/C67H125NO13/c1-3-5-7-9-11-13-15-17-19-20-21-22-23-24-25-26-27-28-29-30-31-32-33-34-35-37-38-40-42-44-46-48-50-56(71)55(68-59(72)51-49-47-45-43-41-39-36-18-16-14-12-10-8-6-4-2)54-78-66-64(77)62(75)65(58(53-70)80-66)81-67-63(76)61(74)60(73)57(52-69)79-67/h34-35,40,42,48,50,55-58,60-67,69-71,73-77H,3-33,36-39,41,43-47,49,51-54H2,1-2H3,(H,68,72)/b35-34+,42-40+,50-48+. The molecule has 0 aromatic rings. The van der Waals surface area contributed by atoms with Crippen LogP contribution < -0.4 is 5.32 Å². The highest BCUT2D eigenvalue weighted by atomic mass is 16.7. The van der Waals surface area contributed by atoms with Crippen LogP contribution in [0, 0.1) is 0 Å². The Morgan fingerprint density at radius 2 is 0.790 bits per heavy atom. The molecule has 0 bridgehead atoms. The van der Waals surface area contributed by atoms with Crippen molar-refractivity contribution in [2.75, 3.05) is 19.8 Å². The minimum atomic E-state index is -1.79. The fourth-order valence-corrected chi connectivity index (χ4v) is 11.2. The number of amides is 1. The number of hydrogen-bond donors (Lipinski definition) is 9. The summed E-state index contributed by atoms with van der Waals surface area (Å²) in [5.41, 5.74) is 0. The van der Waals surface area contributed by atoms with Crippen LogP contribution in [0.3, 0.4) is 0 Å². The van der Waals surface area contributed by atoms with Gasteiger partial charge in [-0.15, -0.1) is 0 Å². The van der Waals surface area contributed by atoms with Crippen molar-refractivity contribution < 1.29 is 64.6 Å². The van der Waals surface area contributed by atoms with E-state index in [0.717, 1.165) is 44.9 Å². The van der Waals surface area contributed by atoms with Crippen LogP contribution in [-0.2, 0) is 23.7 Å². The van der Waals surface area contributed by atoms with Crippen molar-refractivity contribution in [2.45, 2.75) is 364 Å². The molecule has 12 atom stereocenters. The Labute approximate surface area is 493 Å². The Morgan fingerprint density at radius 1 is 0.432 bits per heavy atom. The summed E-state index contributed by atoms with van der Waals surface area (Å²) in [7, 11) is 0. The minimum Gasteiger partial charge on any atom is -0.394 e. The van der Waals surface area contributed by atoms with E-state index >= 15 is 0 Å². The molecular formula is C67H125NO13. The van der Waals surface area contributed by atoms with Gasteiger partial charge < -0.3 is 65.1 Å². The maximum atomic E-state index is 13.3. The van der Waals surface area contributed by atoms with Crippen molar-refractivity contribution in [1.29, 1.82) is 0 Å². The molecule has 2 heterocycles. The fourth-order valence-electron chi connectivity index (χ4n) is 11.2. The van der Waals surface area contributed by atoms with Gasteiger partial charge in [0.1, 0.15) is 48.8 Å². The van der Waals surface area contributed by atoms with Crippen molar-refractivity contribution in [3.63, 3.8) is 0 Å². The molecule has 2 rings (SSSR count). The third kappa shape index (κ3) is 37.4. The molecule has 14 heteroatoms. The smallest absolute Gasteiger partial charge is 0.220 e. The number of carbonyl (C=O) groups excluding carboxylic acids is 1. The topological polar surface area (TPSA) is 228 Å². The molecule has 12 unspecified atom stereocenters. The Kier molecular flexibility index (Phi) is 48.8. The molecule has 476 valence electrons. The number of ether oxygens (including phenoxy) is 4. The van der Waals surface area contributed by atoms with E-state index in [1.54, 1.807) is 6.08 Å². The van der Waals surface area contributed by atoms with E-state index in [9.17, 15) is 45.6 Å². The SMILES string of the molecule is CCCCCCCCCCCCCCCCCCCCCCCC/C=C/CC/C=C/CC/C=C/C(O)C(COC1OC(CO)C(OC2OC(CO)C(O)C(O)C2O)C(O)C1O)NC(=O)CCCCCCCCCCCCCCCCC. The maximum absolute atomic E-state index is 13.3. The van der Waals surface area contributed by atoms with Gasteiger partial charge in [0.05, 0.1) is 32.0 Å². The summed E-state index contributed by atoms with van der Waals surface area (Å²) >= 11 is 0. The summed E-state index contributed by atoms with van der Waals surface area (Å²) in [6, 6.07) is -0.936. The van der Waals surface area contributed by atoms with Gasteiger partial charge in [0, 0.05) is 6.42 Å². The van der Waals surface area contributed by atoms with Crippen molar-refractivity contribution in [2.24, 2.45) is 0 Å². The fraction of sp³-hybridized carbons (Fsp3) is 0.896. The average Bonchev–Trinajstić information content (AvgIpc) is 3.47. The normalized spacial score (nSPS) is 24.3. The first-order valence-electron chi connectivity index (χ1n) is 33.7. The van der Waals surface area contributed by atoms with Crippen LogP contribution in [0.15, 0.2) is 36.5 Å². The summed E-state index contributed by atoms with van der Waals surface area (Å²) in [5.74, 6) is -0.250. The molecule has 2 aliphatic rings. The van der Waals surface area contributed by atoms with Crippen molar-refractivity contribution in [3.8, 4) is 0 Å². The molecule has 2 fully saturated rings. The number of unbranched alkanes of at least 4 members (excludes halogenated alkanes) is 38. The van der Waals surface area contributed by atoms with Crippen LogP contribution in [0.4, 0.5) is 0 Å². The Bertz CT molecular complexity index is 1500. The molecule has 0 saturated carbocycles. The Balaban J connectivity index is 1.68. The highest BCUT2D eigenvalue weighted by Crippen LogP contribution is 2.30. The lowest BCUT2D eigenvalue weighted by Crippen LogP contribution is -2.65. The second kappa shape index (κ2) is 52.5. The summed E-state index contributed by atoms with van der Waals surface area (Å²) in [6.07, 6.45) is 49.3. The van der Waals surface area contributed by atoms with Crippen molar-refractivity contribution >= 4 is 5.91 Å². The van der Waals surface area contributed by atoms with Crippen LogP contribution in [0.5, 0.6) is 0 Å². The first kappa shape index (κ1) is 75.3. The number of aliphatic hydroxyl groups excluding tert-OH is 8. The number of aliphatic hydroxyl groups is 8. The first-order chi connectivity index (χ1) is 39.6. The Hall–Kier alpha value is -1.79. The van der Waals surface area contributed by atoms with Gasteiger partial charge in [-0.1, -0.05) is 275 Å².